The molecule has 0 radical (unpaired) electrons. The second-order valence-electron chi connectivity index (χ2n) is 7.65. The average Bonchev–Trinajstić information content (AvgIpc) is 2.45. The standard InChI is InChI=1S/C18H22O2/c1-2-4-16-15(3-1)11-19-17(20-16)18-8-12-5-13(9-18)7-14(6-12)10-18/h1-4,12-14,17H,5-11H2. The van der Waals surface area contributed by atoms with Crippen LogP contribution in [0.15, 0.2) is 24.3 Å². The predicted molar refractivity (Wildman–Crippen MR) is 76.3 cm³/mol. The largest absolute Gasteiger partial charge is 0.464 e. The molecular formula is C18H22O2. The zero-order valence-electron chi connectivity index (χ0n) is 11.9. The summed E-state index contributed by atoms with van der Waals surface area (Å²) in [5.41, 5.74) is 1.52. The Labute approximate surface area is 120 Å². The molecule has 4 aliphatic carbocycles. The summed E-state index contributed by atoms with van der Waals surface area (Å²) in [5, 5.41) is 0. The molecule has 4 fully saturated rings. The van der Waals surface area contributed by atoms with Crippen LogP contribution in [0.5, 0.6) is 5.75 Å². The van der Waals surface area contributed by atoms with Gasteiger partial charge in [0.25, 0.3) is 0 Å². The smallest absolute Gasteiger partial charge is 0.205 e. The average molecular weight is 270 g/mol. The van der Waals surface area contributed by atoms with Crippen LogP contribution in [0.25, 0.3) is 0 Å². The fourth-order valence-corrected chi connectivity index (χ4v) is 5.82. The van der Waals surface area contributed by atoms with E-state index in [4.69, 9.17) is 9.47 Å². The molecule has 1 atom stereocenters. The summed E-state index contributed by atoms with van der Waals surface area (Å²) >= 11 is 0. The lowest BCUT2D eigenvalue weighted by Crippen LogP contribution is -2.54. The molecule has 1 heterocycles. The summed E-state index contributed by atoms with van der Waals surface area (Å²) in [6.07, 6.45) is 8.45. The fraction of sp³-hybridized carbons (Fsp3) is 0.667. The highest BCUT2D eigenvalue weighted by molar-refractivity contribution is 5.34. The summed E-state index contributed by atoms with van der Waals surface area (Å²) in [5.74, 6) is 3.90. The number of hydrogen-bond donors (Lipinski definition) is 0. The van der Waals surface area contributed by atoms with Crippen LogP contribution in [-0.4, -0.2) is 6.29 Å². The summed E-state index contributed by atoms with van der Waals surface area (Å²) in [4.78, 5) is 0. The highest BCUT2D eigenvalue weighted by Crippen LogP contribution is 2.62. The lowest BCUT2D eigenvalue weighted by Gasteiger charge is -2.58. The first-order chi connectivity index (χ1) is 9.81. The maximum absolute atomic E-state index is 6.29. The zero-order chi connectivity index (χ0) is 13.2. The Bertz CT molecular complexity index is 501. The van der Waals surface area contributed by atoms with Crippen molar-refractivity contribution in [2.75, 3.05) is 0 Å². The van der Waals surface area contributed by atoms with Gasteiger partial charge in [-0.05, 0) is 62.3 Å². The maximum atomic E-state index is 6.29. The van der Waals surface area contributed by atoms with Crippen molar-refractivity contribution in [3.05, 3.63) is 29.8 Å². The number of rotatable bonds is 1. The van der Waals surface area contributed by atoms with Crippen LogP contribution in [-0.2, 0) is 11.3 Å². The number of fused-ring (bicyclic) bond motifs is 1. The van der Waals surface area contributed by atoms with Gasteiger partial charge in [0.05, 0.1) is 6.61 Å². The van der Waals surface area contributed by atoms with Crippen LogP contribution in [0.3, 0.4) is 0 Å². The third-order valence-electron chi connectivity index (χ3n) is 6.18. The van der Waals surface area contributed by atoms with Crippen LogP contribution in [0.2, 0.25) is 0 Å². The van der Waals surface area contributed by atoms with Gasteiger partial charge in [-0.2, -0.15) is 0 Å². The Balaban J connectivity index is 1.46. The molecular weight excluding hydrogens is 248 g/mol. The van der Waals surface area contributed by atoms with Gasteiger partial charge in [0.1, 0.15) is 5.75 Å². The third kappa shape index (κ3) is 1.60. The minimum absolute atomic E-state index is 0.00537. The molecule has 1 unspecified atom stereocenters. The van der Waals surface area contributed by atoms with Crippen molar-refractivity contribution < 1.29 is 9.47 Å². The molecule has 0 amide bonds. The second kappa shape index (κ2) is 4.00. The van der Waals surface area contributed by atoms with Gasteiger partial charge in [-0.3, -0.25) is 0 Å². The first kappa shape index (κ1) is 11.6. The van der Waals surface area contributed by atoms with E-state index >= 15 is 0 Å². The summed E-state index contributed by atoms with van der Waals surface area (Å²) in [6.45, 7) is 0.725. The van der Waals surface area contributed by atoms with Crippen LogP contribution in [0, 0.1) is 23.2 Å². The van der Waals surface area contributed by atoms with Crippen molar-refractivity contribution >= 4 is 0 Å². The maximum Gasteiger partial charge on any atom is 0.205 e. The van der Waals surface area contributed by atoms with Crippen LogP contribution < -0.4 is 4.74 Å². The van der Waals surface area contributed by atoms with E-state index in [0.29, 0.717) is 5.41 Å². The molecule has 106 valence electrons. The molecule has 2 heteroatoms. The SMILES string of the molecule is c1ccc2c(c1)COC(C13CC4CC(CC(C4)C1)C3)O2. The molecule has 6 rings (SSSR count). The van der Waals surface area contributed by atoms with Gasteiger partial charge >= 0.3 is 0 Å². The lowest BCUT2D eigenvalue weighted by atomic mass is 9.49. The first-order valence-corrected chi connectivity index (χ1v) is 8.17. The van der Waals surface area contributed by atoms with E-state index in [-0.39, 0.29) is 6.29 Å². The van der Waals surface area contributed by atoms with Crippen molar-refractivity contribution in [1.29, 1.82) is 0 Å². The molecule has 4 saturated carbocycles. The van der Waals surface area contributed by atoms with E-state index < -0.39 is 0 Å². The Hall–Kier alpha value is -1.02. The van der Waals surface area contributed by atoms with Gasteiger partial charge in [0, 0.05) is 11.0 Å². The monoisotopic (exact) mass is 270 g/mol. The topological polar surface area (TPSA) is 18.5 Å². The van der Waals surface area contributed by atoms with Crippen molar-refractivity contribution in [1.82, 2.24) is 0 Å². The van der Waals surface area contributed by atoms with Gasteiger partial charge in [-0.1, -0.05) is 18.2 Å². The third-order valence-corrected chi connectivity index (χ3v) is 6.18. The second-order valence-corrected chi connectivity index (χ2v) is 7.65. The molecule has 2 nitrogen and oxygen atoms in total. The number of ether oxygens (including phenoxy) is 2. The molecule has 0 saturated heterocycles. The predicted octanol–water partition coefficient (Wildman–Crippen LogP) is 4.14. The molecule has 1 aromatic rings. The molecule has 1 aromatic carbocycles. The zero-order valence-corrected chi connectivity index (χ0v) is 11.9. The molecule has 0 aromatic heterocycles. The highest BCUT2D eigenvalue weighted by atomic mass is 16.7. The van der Waals surface area contributed by atoms with E-state index in [2.05, 4.69) is 24.3 Å². The van der Waals surface area contributed by atoms with Gasteiger partial charge < -0.3 is 9.47 Å². The lowest BCUT2D eigenvalue weighted by molar-refractivity contribution is -0.229. The number of para-hydroxylation sites is 1. The van der Waals surface area contributed by atoms with Crippen molar-refractivity contribution in [2.45, 2.75) is 51.4 Å². The van der Waals surface area contributed by atoms with Crippen LogP contribution in [0.4, 0.5) is 0 Å². The minimum atomic E-state index is 0.00537. The summed E-state index contributed by atoms with van der Waals surface area (Å²) < 4.78 is 12.5. The fourth-order valence-electron chi connectivity index (χ4n) is 5.82. The van der Waals surface area contributed by atoms with E-state index in [0.717, 1.165) is 30.1 Å². The van der Waals surface area contributed by atoms with E-state index in [1.807, 2.05) is 0 Å². The Morgan fingerprint density at radius 3 is 2.25 bits per heavy atom. The van der Waals surface area contributed by atoms with Gasteiger partial charge in [-0.25, -0.2) is 0 Å². The molecule has 0 spiro atoms. The molecule has 4 bridgehead atoms. The molecule has 1 aliphatic heterocycles. The minimum Gasteiger partial charge on any atom is -0.464 e. The van der Waals surface area contributed by atoms with Crippen molar-refractivity contribution in [3.8, 4) is 5.75 Å². The van der Waals surface area contributed by atoms with E-state index in [1.54, 1.807) is 0 Å². The Morgan fingerprint density at radius 1 is 0.900 bits per heavy atom. The van der Waals surface area contributed by atoms with E-state index in [9.17, 15) is 0 Å². The van der Waals surface area contributed by atoms with Gasteiger partial charge in [0.2, 0.25) is 6.29 Å². The summed E-state index contributed by atoms with van der Waals surface area (Å²) in [6, 6.07) is 8.36. The van der Waals surface area contributed by atoms with Crippen LogP contribution >= 0.6 is 0 Å². The van der Waals surface area contributed by atoms with Gasteiger partial charge in [-0.15, -0.1) is 0 Å². The normalized spacial score (nSPS) is 45.0. The van der Waals surface area contributed by atoms with E-state index in [1.165, 1.54) is 44.1 Å². The number of benzene rings is 1. The quantitative estimate of drug-likeness (QED) is 0.763. The van der Waals surface area contributed by atoms with Crippen LogP contribution in [0.1, 0.15) is 44.1 Å². The molecule has 20 heavy (non-hydrogen) atoms. The van der Waals surface area contributed by atoms with Crippen molar-refractivity contribution in [3.63, 3.8) is 0 Å². The number of hydrogen-bond acceptors (Lipinski definition) is 2. The van der Waals surface area contributed by atoms with Gasteiger partial charge in [0.15, 0.2) is 0 Å². The van der Waals surface area contributed by atoms with Crippen molar-refractivity contribution in [2.24, 2.45) is 23.2 Å². The highest BCUT2D eigenvalue weighted by Gasteiger charge is 2.56. The Kier molecular flexibility index (Phi) is 2.33. The molecule has 0 N–H and O–H groups in total. The summed E-state index contributed by atoms with van der Waals surface area (Å²) in [7, 11) is 0. The molecule has 5 aliphatic rings. The first-order valence-electron chi connectivity index (χ1n) is 8.17. The Morgan fingerprint density at radius 2 is 1.55 bits per heavy atom.